The molecule has 0 unspecified atom stereocenters. The predicted molar refractivity (Wildman–Crippen MR) is 51.5 cm³/mol. The van der Waals surface area contributed by atoms with Gasteiger partial charge in [-0.2, -0.15) is 0 Å². The molecule has 0 bridgehead atoms. The second-order valence-electron chi connectivity index (χ2n) is 4.28. The van der Waals surface area contributed by atoms with E-state index in [9.17, 15) is 0 Å². The number of nitrogens with zero attached hydrogens (tertiary/aromatic N) is 1. The van der Waals surface area contributed by atoms with E-state index in [0.717, 1.165) is 5.92 Å². The molecule has 1 nitrogen and oxygen atoms in total. The van der Waals surface area contributed by atoms with Crippen molar-refractivity contribution in [3.05, 3.63) is 0 Å². The van der Waals surface area contributed by atoms with Gasteiger partial charge in [0.05, 0.1) is 0 Å². The quantitative estimate of drug-likeness (QED) is 0.436. The second kappa shape index (κ2) is 3.89. The monoisotopic (exact) mass is 156 g/mol. The van der Waals surface area contributed by atoms with Crippen LogP contribution in [0.2, 0.25) is 0 Å². The smallest absolute Gasteiger partial charge is 0.156 e. The SMILES string of the molecule is CC=[N+](C)C(C)(C)CC(C)C. The zero-order valence-corrected chi connectivity index (χ0v) is 8.81. The normalized spacial score (nSPS) is 14.3. The molecular weight excluding hydrogens is 134 g/mol. The van der Waals surface area contributed by atoms with Crippen molar-refractivity contribution in [3.63, 3.8) is 0 Å². The zero-order chi connectivity index (χ0) is 9.07. The fraction of sp³-hybridized carbons (Fsp3) is 0.900. The maximum absolute atomic E-state index is 2.28. The highest BCUT2D eigenvalue weighted by atomic mass is 15.0. The fourth-order valence-electron chi connectivity index (χ4n) is 1.49. The van der Waals surface area contributed by atoms with E-state index in [1.165, 1.54) is 6.42 Å². The van der Waals surface area contributed by atoms with Gasteiger partial charge < -0.3 is 0 Å². The molecule has 0 heterocycles. The average Bonchev–Trinajstić information content (AvgIpc) is 1.83. The summed E-state index contributed by atoms with van der Waals surface area (Å²) in [6.07, 6.45) is 3.39. The van der Waals surface area contributed by atoms with Gasteiger partial charge in [0.15, 0.2) is 5.54 Å². The Hall–Kier alpha value is -0.330. The standard InChI is InChI=1S/C10H22N/c1-7-11(6)10(4,5)8-9(2)3/h7,9H,8H2,1-6H3/q+1. The molecule has 66 valence electrons. The van der Waals surface area contributed by atoms with Gasteiger partial charge in [0.25, 0.3) is 0 Å². The summed E-state index contributed by atoms with van der Waals surface area (Å²) in [5.41, 5.74) is 0.308. The topological polar surface area (TPSA) is 3.01 Å². The molecule has 0 spiro atoms. The van der Waals surface area contributed by atoms with Gasteiger partial charge >= 0.3 is 0 Å². The first-order chi connectivity index (χ1) is 4.90. The van der Waals surface area contributed by atoms with Gasteiger partial charge in [-0.25, -0.2) is 4.58 Å². The first kappa shape index (κ1) is 10.7. The Kier molecular flexibility index (Phi) is 3.77. The van der Waals surface area contributed by atoms with Gasteiger partial charge in [-0.05, 0) is 19.8 Å². The van der Waals surface area contributed by atoms with Crippen molar-refractivity contribution in [3.8, 4) is 0 Å². The van der Waals surface area contributed by atoms with Crippen molar-refractivity contribution >= 4 is 6.21 Å². The molecule has 0 aliphatic carbocycles. The summed E-state index contributed by atoms with van der Waals surface area (Å²) in [6, 6.07) is 0. The van der Waals surface area contributed by atoms with E-state index in [-0.39, 0.29) is 0 Å². The minimum Gasteiger partial charge on any atom is -0.238 e. The maximum Gasteiger partial charge on any atom is 0.156 e. The van der Waals surface area contributed by atoms with Crippen molar-refractivity contribution in [2.45, 2.75) is 46.6 Å². The van der Waals surface area contributed by atoms with Crippen LogP contribution in [0.3, 0.4) is 0 Å². The van der Waals surface area contributed by atoms with Crippen molar-refractivity contribution in [2.24, 2.45) is 5.92 Å². The Balaban J connectivity index is 4.22. The summed E-state index contributed by atoms with van der Waals surface area (Å²) < 4.78 is 2.28. The lowest BCUT2D eigenvalue weighted by Gasteiger charge is -2.22. The molecule has 0 atom stereocenters. The highest BCUT2D eigenvalue weighted by Gasteiger charge is 2.27. The third-order valence-corrected chi connectivity index (χ3v) is 2.25. The summed E-state index contributed by atoms with van der Waals surface area (Å²) in [5, 5.41) is 0. The van der Waals surface area contributed by atoms with Crippen LogP contribution in [-0.4, -0.2) is 23.4 Å². The number of hydrogen-bond acceptors (Lipinski definition) is 0. The molecule has 0 aliphatic rings. The van der Waals surface area contributed by atoms with Crippen molar-refractivity contribution in [1.82, 2.24) is 0 Å². The fourth-order valence-corrected chi connectivity index (χ4v) is 1.49. The number of hydrogen-bond donors (Lipinski definition) is 0. The molecule has 0 rings (SSSR count). The van der Waals surface area contributed by atoms with Crippen LogP contribution in [0.1, 0.15) is 41.0 Å². The van der Waals surface area contributed by atoms with E-state index in [1.54, 1.807) is 0 Å². The van der Waals surface area contributed by atoms with Gasteiger partial charge in [0, 0.05) is 13.3 Å². The van der Waals surface area contributed by atoms with Crippen LogP contribution in [0.4, 0.5) is 0 Å². The molecule has 1 heteroatoms. The van der Waals surface area contributed by atoms with Gasteiger partial charge in [-0.3, -0.25) is 0 Å². The maximum atomic E-state index is 2.28. The third-order valence-electron chi connectivity index (χ3n) is 2.25. The van der Waals surface area contributed by atoms with E-state index < -0.39 is 0 Å². The van der Waals surface area contributed by atoms with E-state index in [0.29, 0.717) is 5.54 Å². The van der Waals surface area contributed by atoms with Crippen LogP contribution in [0.15, 0.2) is 0 Å². The molecular formula is C10H22N+. The Morgan fingerprint density at radius 3 is 2.09 bits per heavy atom. The Bertz CT molecular complexity index is 143. The van der Waals surface area contributed by atoms with Crippen molar-refractivity contribution in [1.29, 1.82) is 0 Å². The average molecular weight is 156 g/mol. The van der Waals surface area contributed by atoms with Gasteiger partial charge in [0.2, 0.25) is 0 Å². The van der Waals surface area contributed by atoms with Crippen LogP contribution >= 0.6 is 0 Å². The van der Waals surface area contributed by atoms with Gasteiger partial charge in [-0.1, -0.05) is 13.8 Å². The summed E-state index contributed by atoms with van der Waals surface area (Å²) >= 11 is 0. The molecule has 0 aromatic carbocycles. The van der Waals surface area contributed by atoms with E-state index in [2.05, 4.69) is 52.5 Å². The Labute approximate surface area is 71.1 Å². The zero-order valence-electron chi connectivity index (χ0n) is 8.81. The van der Waals surface area contributed by atoms with Crippen molar-refractivity contribution in [2.75, 3.05) is 7.05 Å². The molecule has 0 N–H and O–H groups in total. The molecule has 0 amide bonds. The largest absolute Gasteiger partial charge is 0.238 e. The van der Waals surface area contributed by atoms with E-state index >= 15 is 0 Å². The van der Waals surface area contributed by atoms with E-state index in [1.807, 2.05) is 0 Å². The van der Waals surface area contributed by atoms with Crippen LogP contribution < -0.4 is 0 Å². The molecule has 0 saturated heterocycles. The summed E-state index contributed by atoms with van der Waals surface area (Å²) in [4.78, 5) is 0. The van der Waals surface area contributed by atoms with E-state index in [4.69, 9.17) is 0 Å². The highest BCUT2D eigenvalue weighted by Crippen LogP contribution is 2.18. The lowest BCUT2D eigenvalue weighted by atomic mass is 9.92. The predicted octanol–water partition coefficient (Wildman–Crippen LogP) is 2.54. The van der Waals surface area contributed by atoms with Crippen LogP contribution in [0.5, 0.6) is 0 Å². The molecule has 0 radical (unpaired) electrons. The lowest BCUT2D eigenvalue weighted by Crippen LogP contribution is -2.35. The summed E-state index contributed by atoms with van der Waals surface area (Å²) in [7, 11) is 2.14. The summed E-state index contributed by atoms with van der Waals surface area (Å²) in [6.45, 7) is 11.2. The first-order valence-electron chi connectivity index (χ1n) is 4.42. The van der Waals surface area contributed by atoms with Crippen LogP contribution in [0, 0.1) is 5.92 Å². The molecule has 11 heavy (non-hydrogen) atoms. The Morgan fingerprint density at radius 2 is 1.82 bits per heavy atom. The minimum absolute atomic E-state index is 0.308. The second-order valence-corrected chi connectivity index (χ2v) is 4.28. The summed E-state index contributed by atoms with van der Waals surface area (Å²) in [5.74, 6) is 0.771. The molecule has 0 aliphatic heterocycles. The molecule has 0 fully saturated rings. The highest BCUT2D eigenvalue weighted by molar-refractivity contribution is 5.46. The Morgan fingerprint density at radius 1 is 1.36 bits per heavy atom. The molecule has 0 aromatic heterocycles. The minimum atomic E-state index is 0.308. The lowest BCUT2D eigenvalue weighted by molar-refractivity contribution is -0.573. The van der Waals surface area contributed by atoms with Crippen LogP contribution in [0.25, 0.3) is 0 Å². The molecule has 0 aromatic rings. The molecule has 0 saturated carbocycles. The van der Waals surface area contributed by atoms with Crippen LogP contribution in [-0.2, 0) is 0 Å². The van der Waals surface area contributed by atoms with Gasteiger partial charge in [0.1, 0.15) is 13.3 Å². The van der Waals surface area contributed by atoms with Crippen molar-refractivity contribution < 1.29 is 4.58 Å². The number of rotatable bonds is 3. The third kappa shape index (κ3) is 3.54. The first-order valence-corrected chi connectivity index (χ1v) is 4.42. The van der Waals surface area contributed by atoms with Gasteiger partial charge in [-0.15, -0.1) is 0 Å².